The molecule has 11 heteroatoms. The lowest BCUT2D eigenvalue weighted by molar-refractivity contribution is -0.274. The lowest BCUT2D eigenvalue weighted by Crippen LogP contribution is -2.21. The molecule has 0 bridgehead atoms. The fourth-order valence-electron chi connectivity index (χ4n) is 3.33. The monoisotopic (exact) mass is 408 g/mol. The van der Waals surface area contributed by atoms with Crippen LogP contribution in [0, 0.1) is 5.92 Å². The summed E-state index contributed by atoms with van der Waals surface area (Å²) < 4.78 is 43.3. The van der Waals surface area contributed by atoms with Crippen molar-refractivity contribution in [2.75, 3.05) is 25.0 Å². The number of nitrogens with zero attached hydrogens (tertiary/aromatic N) is 3. The highest BCUT2D eigenvalue weighted by atomic mass is 19.4. The maximum absolute atomic E-state index is 12.7. The number of benzene rings is 1. The predicted octanol–water partition coefficient (Wildman–Crippen LogP) is 2.09. The smallest absolute Gasteiger partial charge is 0.405 e. The number of imidazole rings is 1. The third kappa shape index (κ3) is 4.50. The number of H-pyrrole nitrogens is 1. The van der Waals surface area contributed by atoms with E-state index in [0.29, 0.717) is 29.6 Å². The molecule has 0 aliphatic carbocycles. The summed E-state index contributed by atoms with van der Waals surface area (Å²) in [6, 6.07) is 5.70. The van der Waals surface area contributed by atoms with Crippen molar-refractivity contribution in [3.05, 3.63) is 46.5 Å². The largest absolute Gasteiger partial charge is 0.573 e. The number of alkyl halides is 3. The molecule has 3 heterocycles. The average Bonchev–Trinajstić information content (AvgIpc) is 3.28. The van der Waals surface area contributed by atoms with Crippen LogP contribution in [0.4, 0.5) is 19.1 Å². The Labute approximate surface area is 163 Å². The van der Waals surface area contributed by atoms with E-state index in [2.05, 4.69) is 30.3 Å². The number of rotatable bonds is 6. The maximum atomic E-state index is 12.7. The van der Waals surface area contributed by atoms with Gasteiger partial charge in [-0.3, -0.25) is 4.57 Å². The molecule has 0 amide bonds. The molecule has 0 radical (unpaired) electrons. The number of aromatic nitrogens is 4. The van der Waals surface area contributed by atoms with Crippen LogP contribution in [0.3, 0.4) is 0 Å². The Bertz CT molecular complexity index is 1060. The van der Waals surface area contributed by atoms with Gasteiger partial charge < -0.3 is 20.4 Å². The molecular weight excluding hydrogens is 389 g/mol. The Hall–Kier alpha value is -3.08. The molecule has 29 heavy (non-hydrogen) atoms. The third-order valence-corrected chi connectivity index (χ3v) is 4.75. The lowest BCUT2D eigenvalue weighted by atomic mass is 10.1. The number of anilines is 1. The van der Waals surface area contributed by atoms with E-state index in [4.69, 9.17) is 0 Å². The first-order valence-electron chi connectivity index (χ1n) is 9.13. The van der Waals surface area contributed by atoms with Crippen LogP contribution < -0.4 is 21.1 Å². The third-order valence-electron chi connectivity index (χ3n) is 4.75. The summed E-state index contributed by atoms with van der Waals surface area (Å²) in [5.41, 5.74) is 0.419. The molecule has 3 aromatic rings. The molecule has 0 saturated carbocycles. The summed E-state index contributed by atoms with van der Waals surface area (Å²) >= 11 is 0. The molecule has 3 N–H and O–H groups in total. The topological polar surface area (TPSA) is 96.9 Å². The van der Waals surface area contributed by atoms with Crippen molar-refractivity contribution in [3.63, 3.8) is 0 Å². The first kappa shape index (κ1) is 19.2. The van der Waals surface area contributed by atoms with Crippen LogP contribution in [0.5, 0.6) is 5.75 Å². The van der Waals surface area contributed by atoms with Gasteiger partial charge in [0.1, 0.15) is 11.3 Å². The van der Waals surface area contributed by atoms with Crippen molar-refractivity contribution in [2.45, 2.75) is 19.3 Å². The molecule has 1 fully saturated rings. The van der Waals surface area contributed by atoms with Gasteiger partial charge in [-0.05, 0) is 31.5 Å². The van der Waals surface area contributed by atoms with Gasteiger partial charge in [0.2, 0.25) is 5.95 Å². The number of hydrogen-bond donors (Lipinski definition) is 3. The maximum Gasteiger partial charge on any atom is 0.573 e. The van der Waals surface area contributed by atoms with Crippen LogP contribution in [0.1, 0.15) is 12.0 Å². The zero-order valence-corrected chi connectivity index (χ0v) is 15.3. The molecule has 1 aliphatic rings. The van der Waals surface area contributed by atoms with Crippen LogP contribution in [0.2, 0.25) is 0 Å². The molecule has 1 atom stereocenters. The highest BCUT2D eigenvalue weighted by Crippen LogP contribution is 2.27. The summed E-state index contributed by atoms with van der Waals surface area (Å²) in [7, 11) is 0. The van der Waals surface area contributed by atoms with Crippen molar-refractivity contribution < 1.29 is 17.9 Å². The second kappa shape index (κ2) is 7.74. The number of halogens is 3. The minimum absolute atomic E-state index is 0.131. The van der Waals surface area contributed by atoms with E-state index in [1.807, 2.05) is 0 Å². The van der Waals surface area contributed by atoms with E-state index in [1.54, 1.807) is 6.07 Å². The number of fused-ring (bicyclic) bond motifs is 1. The zero-order valence-electron chi connectivity index (χ0n) is 15.3. The normalized spacial score (nSPS) is 17.0. The van der Waals surface area contributed by atoms with Gasteiger partial charge in [0, 0.05) is 12.1 Å². The number of ether oxygens (including phenoxy) is 1. The Morgan fingerprint density at radius 2 is 2.14 bits per heavy atom. The van der Waals surface area contributed by atoms with Gasteiger partial charge in [-0.1, -0.05) is 18.2 Å². The molecule has 2 aromatic heterocycles. The summed E-state index contributed by atoms with van der Waals surface area (Å²) in [5.74, 6) is 0.466. The fraction of sp³-hybridized carbons (Fsp3) is 0.389. The van der Waals surface area contributed by atoms with Gasteiger partial charge >= 0.3 is 12.1 Å². The Kier molecular flexibility index (Phi) is 5.14. The molecule has 0 unspecified atom stereocenters. The fourth-order valence-corrected chi connectivity index (χ4v) is 3.33. The Morgan fingerprint density at radius 3 is 2.90 bits per heavy atom. The minimum atomic E-state index is -4.82. The SMILES string of the molecule is O=c1[nH]c2cnc(NC[C@@H]3CCNC3)nc2n1Cc1ccccc1OC(F)(F)F. The minimum Gasteiger partial charge on any atom is -0.405 e. The van der Waals surface area contributed by atoms with Gasteiger partial charge in [-0.2, -0.15) is 4.98 Å². The summed E-state index contributed by atoms with van der Waals surface area (Å²) in [6.07, 6.45) is -2.29. The Morgan fingerprint density at radius 1 is 1.31 bits per heavy atom. The lowest BCUT2D eigenvalue weighted by Gasteiger charge is -2.13. The summed E-state index contributed by atoms with van der Waals surface area (Å²) in [4.78, 5) is 23.6. The zero-order chi connectivity index (χ0) is 20.4. The summed E-state index contributed by atoms with van der Waals surface area (Å²) in [6.45, 7) is 2.45. The van der Waals surface area contributed by atoms with E-state index in [0.717, 1.165) is 19.5 Å². The molecule has 8 nitrogen and oxygen atoms in total. The van der Waals surface area contributed by atoms with Crippen LogP contribution in [0.15, 0.2) is 35.3 Å². The van der Waals surface area contributed by atoms with Crippen LogP contribution in [0.25, 0.3) is 11.2 Å². The van der Waals surface area contributed by atoms with E-state index in [9.17, 15) is 18.0 Å². The van der Waals surface area contributed by atoms with Crippen molar-refractivity contribution in [1.29, 1.82) is 0 Å². The van der Waals surface area contributed by atoms with Crippen molar-refractivity contribution in [2.24, 2.45) is 5.92 Å². The van der Waals surface area contributed by atoms with E-state index < -0.39 is 12.1 Å². The number of para-hydroxylation sites is 1. The number of aromatic amines is 1. The van der Waals surface area contributed by atoms with Gasteiger partial charge in [-0.25, -0.2) is 9.78 Å². The molecule has 154 valence electrons. The van der Waals surface area contributed by atoms with E-state index in [1.165, 1.54) is 29.0 Å². The highest BCUT2D eigenvalue weighted by molar-refractivity contribution is 5.71. The molecule has 1 saturated heterocycles. The van der Waals surface area contributed by atoms with Gasteiger partial charge in [-0.15, -0.1) is 13.2 Å². The van der Waals surface area contributed by atoms with Crippen molar-refractivity contribution in [1.82, 2.24) is 24.8 Å². The quantitative estimate of drug-likeness (QED) is 0.578. The second-order valence-corrected chi connectivity index (χ2v) is 6.84. The first-order chi connectivity index (χ1) is 13.9. The molecule has 4 rings (SSSR count). The van der Waals surface area contributed by atoms with Crippen molar-refractivity contribution >= 4 is 17.1 Å². The number of nitrogens with one attached hydrogen (secondary N) is 3. The second-order valence-electron chi connectivity index (χ2n) is 6.84. The Balaban J connectivity index is 1.61. The van der Waals surface area contributed by atoms with Gasteiger partial charge in [0.25, 0.3) is 0 Å². The number of hydrogen-bond acceptors (Lipinski definition) is 6. The standard InChI is InChI=1S/C18H19F3N6O2/c19-18(20,21)29-14-4-2-1-3-12(14)10-27-15-13(25-17(27)28)9-24-16(26-15)23-8-11-5-6-22-7-11/h1-4,9,11,22H,5-8,10H2,(H,25,28)(H,23,24,26)/t11-/m1/s1. The van der Waals surface area contributed by atoms with Gasteiger partial charge in [0.15, 0.2) is 5.65 Å². The highest BCUT2D eigenvalue weighted by Gasteiger charge is 2.32. The van der Waals surface area contributed by atoms with Crippen molar-refractivity contribution in [3.8, 4) is 5.75 Å². The molecular formula is C18H19F3N6O2. The van der Waals surface area contributed by atoms with Crippen LogP contribution in [-0.4, -0.2) is 45.5 Å². The average molecular weight is 408 g/mol. The van der Waals surface area contributed by atoms with Crippen LogP contribution in [-0.2, 0) is 6.54 Å². The van der Waals surface area contributed by atoms with Gasteiger partial charge in [0.05, 0.1) is 12.7 Å². The van der Waals surface area contributed by atoms with E-state index in [-0.39, 0.29) is 17.9 Å². The molecule has 1 aliphatic heterocycles. The van der Waals surface area contributed by atoms with E-state index >= 15 is 0 Å². The van der Waals surface area contributed by atoms with Crippen LogP contribution >= 0.6 is 0 Å². The molecule has 0 spiro atoms. The first-order valence-corrected chi connectivity index (χ1v) is 9.13. The summed E-state index contributed by atoms with van der Waals surface area (Å²) in [5, 5.41) is 6.43. The molecule has 1 aromatic carbocycles. The predicted molar refractivity (Wildman–Crippen MR) is 99.8 cm³/mol.